The van der Waals surface area contributed by atoms with E-state index < -0.39 is 0 Å². The second-order valence-corrected chi connectivity index (χ2v) is 12.4. The highest BCUT2D eigenvalue weighted by Crippen LogP contribution is 2.44. The molecule has 0 radical (unpaired) electrons. The summed E-state index contributed by atoms with van der Waals surface area (Å²) >= 11 is 0. The van der Waals surface area contributed by atoms with Crippen LogP contribution in [0.25, 0.3) is 0 Å². The topological polar surface area (TPSA) is 0 Å². The largest absolute Gasteiger partial charge is 0.107 e. The molecule has 0 atom stereocenters. The third-order valence-corrected chi connectivity index (χ3v) is 10.4. The van der Waals surface area contributed by atoms with Crippen molar-refractivity contribution in [2.75, 3.05) is 18.5 Å². The Bertz CT molecular complexity index is 269. The SMILES string of the molecule is C1CCC(CCP(CCC2CCCCC2)CCC2CCCCC2)CC1. The van der Waals surface area contributed by atoms with Gasteiger partial charge >= 0.3 is 0 Å². The van der Waals surface area contributed by atoms with Crippen LogP contribution in [0.3, 0.4) is 0 Å². The zero-order chi connectivity index (χ0) is 17.2. The van der Waals surface area contributed by atoms with Crippen LogP contribution in [0.15, 0.2) is 0 Å². The summed E-state index contributed by atoms with van der Waals surface area (Å²) in [5.41, 5.74) is 0. The lowest BCUT2D eigenvalue weighted by atomic mass is 9.87. The minimum atomic E-state index is 0.365. The van der Waals surface area contributed by atoms with Gasteiger partial charge in [0.1, 0.15) is 0 Å². The van der Waals surface area contributed by atoms with E-state index in [4.69, 9.17) is 0 Å². The molecule has 0 aromatic carbocycles. The molecule has 3 saturated carbocycles. The van der Waals surface area contributed by atoms with E-state index in [9.17, 15) is 0 Å². The van der Waals surface area contributed by atoms with Gasteiger partial charge in [0, 0.05) is 0 Å². The van der Waals surface area contributed by atoms with Gasteiger partial charge in [-0.3, -0.25) is 0 Å². The van der Waals surface area contributed by atoms with Crippen LogP contribution in [0.1, 0.15) is 116 Å². The van der Waals surface area contributed by atoms with Crippen molar-refractivity contribution in [2.24, 2.45) is 17.8 Å². The summed E-state index contributed by atoms with van der Waals surface area (Å²) in [6.45, 7) is 0. The lowest BCUT2D eigenvalue weighted by Gasteiger charge is -2.29. The average Bonchev–Trinajstić information content (AvgIpc) is 2.70. The maximum atomic E-state index is 1.64. The molecule has 3 rings (SSSR count). The molecule has 1 heteroatoms. The third-order valence-electron chi connectivity index (χ3n) is 7.73. The molecule has 0 aromatic heterocycles. The molecule has 0 spiro atoms. The highest BCUT2D eigenvalue weighted by atomic mass is 31.1. The fourth-order valence-electron chi connectivity index (χ4n) is 5.86. The average molecular weight is 365 g/mol. The van der Waals surface area contributed by atoms with Crippen molar-refractivity contribution >= 4 is 7.92 Å². The first-order valence-electron chi connectivity index (χ1n) is 12.1. The van der Waals surface area contributed by atoms with E-state index in [2.05, 4.69) is 0 Å². The van der Waals surface area contributed by atoms with Crippen LogP contribution in [0, 0.1) is 17.8 Å². The van der Waals surface area contributed by atoms with Gasteiger partial charge in [0.2, 0.25) is 0 Å². The Hall–Kier alpha value is 0.430. The van der Waals surface area contributed by atoms with E-state index in [-0.39, 0.29) is 0 Å². The summed E-state index contributed by atoms with van der Waals surface area (Å²) in [4.78, 5) is 0. The highest BCUT2D eigenvalue weighted by molar-refractivity contribution is 7.57. The van der Waals surface area contributed by atoms with Gasteiger partial charge in [-0.2, -0.15) is 0 Å². The molecule has 0 amide bonds. The Morgan fingerprint density at radius 2 is 0.680 bits per heavy atom. The molecule has 0 unspecified atom stereocenters. The van der Waals surface area contributed by atoms with E-state index in [0.717, 1.165) is 17.8 Å². The lowest BCUT2D eigenvalue weighted by Crippen LogP contribution is -2.13. The Morgan fingerprint density at radius 3 is 0.960 bits per heavy atom. The number of rotatable bonds is 9. The maximum Gasteiger partial charge on any atom is -0.0323 e. The van der Waals surface area contributed by atoms with Crippen molar-refractivity contribution in [1.29, 1.82) is 0 Å². The third kappa shape index (κ3) is 7.91. The summed E-state index contributed by atoms with van der Waals surface area (Å²) in [6.07, 6.45) is 32.9. The quantitative estimate of drug-likeness (QED) is 0.360. The summed E-state index contributed by atoms with van der Waals surface area (Å²) in [5, 5.41) is 0. The normalized spacial score (nSPS) is 24.8. The van der Waals surface area contributed by atoms with Gasteiger partial charge in [0.25, 0.3) is 0 Å². The van der Waals surface area contributed by atoms with Gasteiger partial charge < -0.3 is 0 Å². The molecule has 0 nitrogen and oxygen atoms in total. The summed E-state index contributed by atoms with van der Waals surface area (Å²) in [6, 6.07) is 0. The van der Waals surface area contributed by atoms with Gasteiger partial charge in [-0.05, 0) is 55.5 Å². The fourth-order valence-corrected chi connectivity index (χ4v) is 8.72. The maximum absolute atomic E-state index is 1.64. The van der Waals surface area contributed by atoms with E-state index in [1.165, 1.54) is 57.8 Å². The monoisotopic (exact) mass is 364 g/mol. The summed E-state index contributed by atoms with van der Waals surface area (Å²) in [5.74, 6) is 3.34. The van der Waals surface area contributed by atoms with Gasteiger partial charge in [-0.1, -0.05) is 96.3 Å². The summed E-state index contributed by atoms with van der Waals surface area (Å²) < 4.78 is 0. The Labute approximate surface area is 160 Å². The molecule has 0 bridgehead atoms. The Morgan fingerprint density at radius 1 is 0.400 bits per heavy atom. The van der Waals surface area contributed by atoms with Crippen molar-refractivity contribution in [2.45, 2.75) is 116 Å². The Balaban J connectivity index is 1.39. The zero-order valence-corrected chi connectivity index (χ0v) is 17.9. The first kappa shape index (κ1) is 20.2. The molecular formula is C24H45P. The van der Waals surface area contributed by atoms with Crippen molar-refractivity contribution in [3.05, 3.63) is 0 Å². The van der Waals surface area contributed by atoms with Crippen molar-refractivity contribution in [3.63, 3.8) is 0 Å². The first-order valence-corrected chi connectivity index (χ1v) is 14.0. The van der Waals surface area contributed by atoms with E-state index in [1.807, 2.05) is 0 Å². The molecule has 25 heavy (non-hydrogen) atoms. The van der Waals surface area contributed by atoms with Crippen LogP contribution in [0.2, 0.25) is 0 Å². The molecule has 0 N–H and O–H groups in total. The first-order chi connectivity index (χ1) is 12.4. The molecule has 3 fully saturated rings. The zero-order valence-electron chi connectivity index (χ0n) is 17.0. The molecule has 3 aliphatic rings. The smallest absolute Gasteiger partial charge is 0.0323 e. The second-order valence-electron chi connectivity index (χ2n) is 9.72. The predicted octanol–water partition coefficient (Wildman–Crippen LogP) is 8.38. The van der Waals surface area contributed by atoms with Crippen LogP contribution >= 0.6 is 7.92 Å². The molecule has 0 aliphatic heterocycles. The van der Waals surface area contributed by atoms with Crippen molar-refractivity contribution in [1.82, 2.24) is 0 Å². The van der Waals surface area contributed by atoms with E-state index >= 15 is 0 Å². The number of hydrogen-bond acceptors (Lipinski definition) is 0. The molecule has 0 heterocycles. The van der Waals surface area contributed by atoms with Gasteiger partial charge in [-0.15, -0.1) is 7.92 Å². The van der Waals surface area contributed by atoms with Crippen LogP contribution in [-0.2, 0) is 0 Å². The Kier molecular flexibility index (Phi) is 9.68. The molecule has 3 aliphatic carbocycles. The van der Waals surface area contributed by atoms with Crippen molar-refractivity contribution < 1.29 is 0 Å². The predicted molar refractivity (Wildman–Crippen MR) is 115 cm³/mol. The van der Waals surface area contributed by atoms with E-state index in [0.29, 0.717) is 7.92 Å². The molecule has 0 saturated heterocycles. The lowest BCUT2D eigenvalue weighted by molar-refractivity contribution is 0.345. The fraction of sp³-hybridized carbons (Fsp3) is 1.00. The van der Waals surface area contributed by atoms with Crippen LogP contribution in [0.5, 0.6) is 0 Å². The van der Waals surface area contributed by atoms with Crippen molar-refractivity contribution in [3.8, 4) is 0 Å². The van der Waals surface area contributed by atoms with Crippen LogP contribution in [0.4, 0.5) is 0 Å². The van der Waals surface area contributed by atoms with E-state index in [1.54, 1.807) is 76.3 Å². The second kappa shape index (κ2) is 12.0. The highest BCUT2D eigenvalue weighted by Gasteiger charge is 2.20. The minimum Gasteiger partial charge on any atom is -0.107 e. The van der Waals surface area contributed by atoms with Crippen LogP contribution in [-0.4, -0.2) is 18.5 Å². The number of hydrogen-bond donors (Lipinski definition) is 0. The molecule has 0 aromatic rings. The standard InChI is InChI=1S/C24H45P/c1-4-10-22(11-5-1)16-19-25(20-17-23-12-6-2-7-13-23)21-18-24-14-8-3-9-15-24/h22-24H,1-21H2. The molecule has 146 valence electrons. The van der Waals surface area contributed by atoms with Gasteiger partial charge in [0.15, 0.2) is 0 Å². The van der Waals surface area contributed by atoms with Crippen LogP contribution < -0.4 is 0 Å². The summed E-state index contributed by atoms with van der Waals surface area (Å²) in [7, 11) is 0.365. The van der Waals surface area contributed by atoms with Gasteiger partial charge in [-0.25, -0.2) is 0 Å². The minimum absolute atomic E-state index is 0.365. The molecular weight excluding hydrogens is 319 g/mol. The van der Waals surface area contributed by atoms with Gasteiger partial charge in [0.05, 0.1) is 0 Å².